The molecule has 1 aliphatic rings. The molecule has 1 fully saturated rings. The van der Waals surface area contributed by atoms with Crippen LogP contribution in [0, 0.1) is 20.8 Å². The average Bonchev–Trinajstić information content (AvgIpc) is 2.30. The van der Waals surface area contributed by atoms with E-state index < -0.39 is 0 Å². The second kappa shape index (κ2) is 6.06. The molecular weight excluding hydrogens is 232 g/mol. The summed E-state index contributed by atoms with van der Waals surface area (Å²) in [5, 5.41) is 3.80. The van der Waals surface area contributed by atoms with E-state index in [4.69, 9.17) is 5.73 Å². The van der Waals surface area contributed by atoms with E-state index in [0.717, 1.165) is 12.8 Å². The molecule has 106 valence electrons. The van der Waals surface area contributed by atoms with Gasteiger partial charge in [-0.05, 0) is 70.1 Å². The highest BCUT2D eigenvalue weighted by Crippen LogP contribution is 2.26. The molecule has 2 heteroatoms. The Balaban J connectivity index is 2.06. The molecule has 0 aromatic heterocycles. The molecule has 0 saturated heterocycles. The van der Waals surface area contributed by atoms with Crippen molar-refractivity contribution in [3.63, 3.8) is 0 Å². The largest absolute Gasteiger partial charge is 0.328 e. The number of hydrogen-bond donors (Lipinski definition) is 2. The van der Waals surface area contributed by atoms with Gasteiger partial charge in [-0.2, -0.15) is 0 Å². The molecule has 0 bridgehead atoms. The van der Waals surface area contributed by atoms with Crippen molar-refractivity contribution >= 4 is 0 Å². The Morgan fingerprint density at radius 3 is 2.11 bits per heavy atom. The van der Waals surface area contributed by atoms with Crippen LogP contribution in [0.1, 0.15) is 60.9 Å². The number of benzene rings is 1. The molecule has 3 N–H and O–H groups in total. The molecule has 1 aliphatic carbocycles. The van der Waals surface area contributed by atoms with E-state index in [1.54, 1.807) is 0 Å². The molecule has 2 rings (SSSR count). The normalized spacial score (nSPS) is 25.3. The van der Waals surface area contributed by atoms with Crippen molar-refractivity contribution < 1.29 is 0 Å². The van der Waals surface area contributed by atoms with Crippen LogP contribution in [0.15, 0.2) is 12.1 Å². The van der Waals surface area contributed by atoms with E-state index in [9.17, 15) is 0 Å². The topological polar surface area (TPSA) is 38.0 Å². The fraction of sp³-hybridized carbons (Fsp3) is 0.647. The summed E-state index contributed by atoms with van der Waals surface area (Å²) in [7, 11) is 0. The maximum atomic E-state index is 5.98. The first-order valence-electron chi connectivity index (χ1n) is 7.56. The number of aryl methyl sites for hydroxylation is 3. The lowest BCUT2D eigenvalue weighted by Gasteiger charge is -2.31. The third-order valence-corrected chi connectivity index (χ3v) is 4.43. The van der Waals surface area contributed by atoms with Crippen LogP contribution in [0.4, 0.5) is 0 Å². The summed E-state index contributed by atoms with van der Waals surface area (Å²) >= 11 is 0. The highest BCUT2D eigenvalue weighted by atomic mass is 14.9. The van der Waals surface area contributed by atoms with Crippen LogP contribution in [0.2, 0.25) is 0 Å². The fourth-order valence-electron chi connectivity index (χ4n) is 3.60. The molecule has 1 aromatic rings. The van der Waals surface area contributed by atoms with Crippen molar-refractivity contribution in [2.24, 2.45) is 5.73 Å². The monoisotopic (exact) mass is 260 g/mol. The molecule has 0 amide bonds. The molecule has 1 saturated carbocycles. The van der Waals surface area contributed by atoms with E-state index in [1.165, 1.54) is 35.1 Å². The van der Waals surface area contributed by atoms with E-state index in [0.29, 0.717) is 18.1 Å². The predicted molar refractivity (Wildman–Crippen MR) is 82.4 cm³/mol. The van der Waals surface area contributed by atoms with Gasteiger partial charge < -0.3 is 11.1 Å². The van der Waals surface area contributed by atoms with Crippen molar-refractivity contribution in [2.45, 2.75) is 71.5 Å². The third-order valence-electron chi connectivity index (χ3n) is 4.43. The zero-order chi connectivity index (χ0) is 14.0. The minimum Gasteiger partial charge on any atom is -0.328 e. The zero-order valence-corrected chi connectivity index (χ0v) is 12.8. The standard InChI is InChI=1S/C17H28N2/c1-11-9-12(2)17(13(3)10-11)14(4)19-16-7-5-15(18)6-8-16/h9-10,14-16,19H,5-8,18H2,1-4H3. The number of hydrogen-bond acceptors (Lipinski definition) is 2. The lowest BCUT2D eigenvalue weighted by atomic mass is 9.89. The van der Waals surface area contributed by atoms with Crippen molar-refractivity contribution in [3.05, 3.63) is 34.4 Å². The smallest absolute Gasteiger partial charge is 0.0299 e. The van der Waals surface area contributed by atoms with Gasteiger partial charge in [0, 0.05) is 18.1 Å². The Kier molecular flexibility index (Phi) is 4.64. The SMILES string of the molecule is Cc1cc(C)c(C(C)NC2CCC(N)CC2)c(C)c1. The summed E-state index contributed by atoms with van der Waals surface area (Å²) in [4.78, 5) is 0. The van der Waals surface area contributed by atoms with Gasteiger partial charge in [0.05, 0.1) is 0 Å². The maximum Gasteiger partial charge on any atom is 0.0299 e. The molecule has 0 heterocycles. The van der Waals surface area contributed by atoms with E-state index in [2.05, 4.69) is 45.1 Å². The summed E-state index contributed by atoms with van der Waals surface area (Å²) in [5.74, 6) is 0. The summed E-state index contributed by atoms with van der Waals surface area (Å²) in [5.41, 5.74) is 11.6. The molecular formula is C17H28N2. The van der Waals surface area contributed by atoms with Gasteiger partial charge in [-0.25, -0.2) is 0 Å². The summed E-state index contributed by atoms with van der Waals surface area (Å²) in [6.45, 7) is 8.91. The Labute approximate surface area is 117 Å². The lowest BCUT2D eigenvalue weighted by molar-refractivity contribution is 0.321. The Bertz CT molecular complexity index is 408. The van der Waals surface area contributed by atoms with Crippen LogP contribution in [-0.2, 0) is 0 Å². The van der Waals surface area contributed by atoms with Gasteiger partial charge in [-0.3, -0.25) is 0 Å². The fourth-order valence-corrected chi connectivity index (χ4v) is 3.60. The Morgan fingerprint density at radius 2 is 1.58 bits per heavy atom. The second-order valence-electron chi connectivity index (χ2n) is 6.31. The first kappa shape index (κ1) is 14.5. The zero-order valence-electron chi connectivity index (χ0n) is 12.8. The van der Waals surface area contributed by atoms with Crippen molar-refractivity contribution in [1.29, 1.82) is 0 Å². The molecule has 1 atom stereocenters. The minimum atomic E-state index is 0.427. The third kappa shape index (κ3) is 3.58. The van der Waals surface area contributed by atoms with E-state index in [-0.39, 0.29) is 0 Å². The van der Waals surface area contributed by atoms with Crippen LogP contribution < -0.4 is 11.1 Å². The van der Waals surface area contributed by atoms with Crippen LogP contribution >= 0.6 is 0 Å². The Hall–Kier alpha value is -0.860. The quantitative estimate of drug-likeness (QED) is 0.872. The molecule has 0 aliphatic heterocycles. The van der Waals surface area contributed by atoms with Gasteiger partial charge in [-0.15, -0.1) is 0 Å². The highest BCUT2D eigenvalue weighted by Gasteiger charge is 2.21. The van der Waals surface area contributed by atoms with Gasteiger partial charge in [-0.1, -0.05) is 17.7 Å². The van der Waals surface area contributed by atoms with Gasteiger partial charge in [0.1, 0.15) is 0 Å². The summed E-state index contributed by atoms with van der Waals surface area (Å²) < 4.78 is 0. The van der Waals surface area contributed by atoms with Crippen molar-refractivity contribution in [2.75, 3.05) is 0 Å². The first-order chi connectivity index (χ1) is 8.97. The summed E-state index contributed by atoms with van der Waals surface area (Å²) in [6, 6.07) is 6.07. The van der Waals surface area contributed by atoms with Gasteiger partial charge in [0.2, 0.25) is 0 Å². The number of nitrogens with two attached hydrogens (primary N) is 1. The molecule has 0 radical (unpaired) electrons. The number of nitrogens with one attached hydrogen (secondary N) is 1. The lowest BCUT2D eigenvalue weighted by Crippen LogP contribution is -2.38. The molecule has 1 aromatic carbocycles. The Morgan fingerprint density at radius 1 is 1.05 bits per heavy atom. The summed E-state index contributed by atoms with van der Waals surface area (Å²) in [6.07, 6.45) is 4.76. The van der Waals surface area contributed by atoms with Crippen LogP contribution in [0.25, 0.3) is 0 Å². The molecule has 1 unspecified atom stereocenters. The van der Waals surface area contributed by atoms with Crippen molar-refractivity contribution in [3.8, 4) is 0 Å². The van der Waals surface area contributed by atoms with E-state index >= 15 is 0 Å². The number of rotatable bonds is 3. The van der Waals surface area contributed by atoms with Gasteiger partial charge >= 0.3 is 0 Å². The van der Waals surface area contributed by atoms with Gasteiger partial charge in [0.15, 0.2) is 0 Å². The maximum absolute atomic E-state index is 5.98. The van der Waals surface area contributed by atoms with Crippen LogP contribution in [-0.4, -0.2) is 12.1 Å². The van der Waals surface area contributed by atoms with E-state index in [1.807, 2.05) is 0 Å². The van der Waals surface area contributed by atoms with Crippen molar-refractivity contribution in [1.82, 2.24) is 5.32 Å². The first-order valence-corrected chi connectivity index (χ1v) is 7.56. The van der Waals surface area contributed by atoms with Crippen LogP contribution in [0.3, 0.4) is 0 Å². The van der Waals surface area contributed by atoms with Crippen LogP contribution in [0.5, 0.6) is 0 Å². The molecule has 2 nitrogen and oxygen atoms in total. The van der Waals surface area contributed by atoms with Gasteiger partial charge in [0.25, 0.3) is 0 Å². The average molecular weight is 260 g/mol. The predicted octanol–water partition coefficient (Wildman–Crippen LogP) is 3.53. The molecule has 19 heavy (non-hydrogen) atoms. The molecule has 0 spiro atoms. The second-order valence-corrected chi connectivity index (χ2v) is 6.31. The highest BCUT2D eigenvalue weighted by molar-refractivity contribution is 5.39. The minimum absolute atomic E-state index is 0.427.